The number of anilines is 3. The predicted octanol–water partition coefficient (Wildman–Crippen LogP) is 4.47. The smallest absolute Gasteiger partial charge is 0.256 e. The van der Waals surface area contributed by atoms with Gasteiger partial charge in [-0.05, 0) is 43.2 Å². The van der Waals surface area contributed by atoms with E-state index in [2.05, 4.69) is 20.5 Å². The molecule has 7 nitrogen and oxygen atoms in total. The highest BCUT2D eigenvalue weighted by atomic mass is 16.2. The molecule has 0 unspecified atom stereocenters. The predicted molar refractivity (Wildman–Crippen MR) is 123 cm³/mol. The number of nitrogens with zero attached hydrogens (tertiary/aromatic N) is 3. The molecule has 0 bridgehead atoms. The maximum atomic E-state index is 13.0. The van der Waals surface area contributed by atoms with Gasteiger partial charge in [-0.1, -0.05) is 39.0 Å². The molecule has 1 aliphatic heterocycles. The van der Waals surface area contributed by atoms with Crippen molar-refractivity contribution in [3.05, 3.63) is 54.1 Å². The fourth-order valence-corrected chi connectivity index (χ4v) is 3.46. The van der Waals surface area contributed by atoms with Crippen molar-refractivity contribution in [1.29, 1.82) is 0 Å². The van der Waals surface area contributed by atoms with Crippen LogP contribution in [0.5, 0.6) is 0 Å². The Labute approximate surface area is 181 Å². The van der Waals surface area contributed by atoms with Crippen molar-refractivity contribution in [2.75, 3.05) is 28.6 Å². The van der Waals surface area contributed by atoms with Crippen LogP contribution in [0.4, 0.5) is 17.3 Å². The average molecular weight is 418 g/mol. The van der Waals surface area contributed by atoms with E-state index in [4.69, 9.17) is 4.98 Å². The number of nitrogens with one attached hydrogen (secondary N) is 2. The Kier molecular flexibility index (Phi) is 5.59. The van der Waals surface area contributed by atoms with Crippen LogP contribution >= 0.6 is 0 Å². The van der Waals surface area contributed by atoms with Crippen molar-refractivity contribution in [3.63, 3.8) is 0 Å². The third kappa shape index (κ3) is 4.66. The molecule has 1 fully saturated rings. The Morgan fingerprint density at radius 3 is 2.26 bits per heavy atom. The van der Waals surface area contributed by atoms with Crippen molar-refractivity contribution in [3.8, 4) is 0 Å². The van der Waals surface area contributed by atoms with Gasteiger partial charge in [-0.3, -0.25) is 9.59 Å². The van der Waals surface area contributed by atoms with Crippen molar-refractivity contribution in [2.45, 2.75) is 33.6 Å². The van der Waals surface area contributed by atoms with E-state index >= 15 is 0 Å². The second kappa shape index (κ2) is 8.34. The minimum atomic E-state index is -0.524. The fourth-order valence-electron chi connectivity index (χ4n) is 3.46. The first kappa shape index (κ1) is 20.8. The van der Waals surface area contributed by atoms with Gasteiger partial charge in [-0.2, -0.15) is 0 Å². The molecule has 0 atom stereocenters. The van der Waals surface area contributed by atoms with Crippen LogP contribution in [-0.2, 0) is 4.79 Å². The van der Waals surface area contributed by atoms with Crippen molar-refractivity contribution < 1.29 is 9.59 Å². The molecule has 7 heteroatoms. The zero-order valence-electron chi connectivity index (χ0n) is 18.1. The molecule has 0 aliphatic carbocycles. The number of amides is 2. The first-order valence-electron chi connectivity index (χ1n) is 10.6. The topological polar surface area (TPSA) is 87.2 Å². The summed E-state index contributed by atoms with van der Waals surface area (Å²) in [5.41, 5.74) is 2.02. The maximum Gasteiger partial charge on any atom is 0.256 e. The lowest BCUT2D eigenvalue weighted by atomic mass is 9.95. The van der Waals surface area contributed by atoms with Gasteiger partial charge in [0.15, 0.2) is 11.6 Å². The summed E-state index contributed by atoms with van der Waals surface area (Å²) in [6, 6.07) is 14.5. The Balaban J connectivity index is 1.62. The number of hydrogen-bond acceptors (Lipinski definition) is 5. The largest absolute Gasteiger partial charge is 0.354 e. The summed E-state index contributed by atoms with van der Waals surface area (Å²) in [6.45, 7) is 7.32. The minimum Gasteiger partial charge on any atom is -0.354 e. The van der Waals surface area contributed by atoms with Crippen LogP contribution in [0, 0.1) is 5.41 Å². The lowest BCUT2D eigenvalue weighted by Gasteiger charge is -2.20. The molecular weight excluding hydrogens is 390 g/mol. The zero-order valence-corrected chi connectivity index (χ0v) is 18.1. The molecule has 160 valence electrons. The number of carbonyl (C=O) groups is 2. The van der Waals surface area contributed by atoms with Gasteiger partial charge in [0.2, 0.25) is 5.91 Å². The van der Waals surface area contributed by atoms with Crippen LogP contribution in [0.15, 0.2) is 48.5 Å². The maximum absolute atomic E-state index is 13.0. The van der Waals surface area contributed by atoms with Crippen LogP contribution in [0.1, 0.15) is 44.0 Å². The molecule has 1 aliphatic rings. The summed E-state index contributed by atoms with van der Waals surface area (Å²) >= 11 is 0. The third-order valence-electron chi connectivity index (χ3n) is 5.25. The number of hydrogen-bond donors (Lipinski definition) is 2. The summed E-state index contributed by atoms with van der Waals surface area (Å²) in [6.07, 6.45) is 2.19. The van der Waals surface area contributed by atoms with E-state index in [1.54, 1.807) is 24.3 Å². The molecule has 2 N–H and O–H groups in total. The monoisotopic (exact) mass is 417 g/mol. The number of para-hydroxylation sites is 2. The average Bonchev–Trinajstić information content (AvgIpc) is 3.27. The molecule has 2 aromatic carbocycles. The Morgan fingerprint density at radius 1 is 0.903 bits per heavy atom. The molecular formula is C24H27N5O2. The van der Waals surface area contributed by atoms with E-state index in [9.17, 15) is 9.59 Å². The molecule has 0 saturated carbocycles. The molecule has 2 amide bonds. The van der Waals surface area contributed by atoms with Gasteiger partial charge >= 0.3 is 0 Å². The van der Waals surface area contributed by atoms with E-state index in [0.29, 0.717) is 22.9 Å². The Bertz CT molecular complexity index is 1130. The minimum absolute atomic E-state index is 0.109. The van der Waals surface area contributed by atoms with Gasteiger partial charge < -0.3 is 15.5 Å². The number of benzene rings is 2. The first-order chi connectivity index (χ1) is 14.8. The van der Waals surface area contributed by atoms with Gasteiger partial charge in [-0.25, -0.2) is 9.97 Å². The van der Waals surface area contributed by atoms with Crippen LogP contribution in [0.25, 0.3) is 11.0 Å². The van der Waals surface area contributed by atoms with E-state index in [-0.39, 0.29) is 11.8 Å². The molecule has 3 aromatic rings. The second-order valence-electron chi connectivity index (χ2n) is 8.82. The number of rotatable bonds is 4. The Morgan fingerprint density at radius 2 is 1.58 bits per heavy atom. The van der Waals surface area contributed by atoms with Gasteiger partial charge in [0, 0.05) is 29.8 Å². The van der Waals surface area contributed by atoms with Crippen molar-refractivity contribution >= 4 is 40.2 Å². The summed E-state index contributed by atoms with van der Waals surface area (Å²) in [5.74, 6) is 0.745. The zero-order chi connectivity index (χ0) is 22.0. The molecule has 1 aromatic heterocycles. The van der Waals surface area contributed by atoms with Gasteiger partial charge in [-0.15, -0.1) is 0 Å². The molecule has 1 saturated heterocycles. The molecule has 0 radical (unpaired) electrons. The highest BCUT2D eigenvalue weighted by Gasteiger charge is 2.23. The third-order valence-corrected chi connectivity index (χ3v) is 5.25. The number of carbonyl (C=O) groups excluding carboxylic acids is 2. The first-order valence-corrected chi connectivity index (χ1v) is 10.6. The highest BCUT2D eigenvalue weighted by Crippen LogP contribution is 2.28. The molecule has 4 rings (SSSR count). The normalized spacial score (nSPS) is 14.0. The number of aromatic nitrogens is 2. The fraction of sp³-hybridized carbons (Fsp3) is 0.333. The van der Waals surface area contributed by atoms with Gasteiger partial charge in [0.1, 0.15) is 0 Å². The lowest BCUT2D eigenvalue weighted by Crippen LogP contribution is -2.27. The number of fused-ring (bicyclic) bond motifs is 1. The standard InChI is InChI=1S/C24H27N5O2/c1-24(2,3)23(31)25-17-10-8-9-16(15-17)22(30)28-20-21(29-13-6-7-14-29)27-19-12-5-4-11-18(19)26-20/h4-5,8-12,15H,6-7,13-14H2,1-3H3,(H,25,31)(H,26,28,30). The van der Waals surface area contributed by atoms with Gasteiger partial charge in [0.25, 0.3) is 5.91 Å². The van der Waals surface area contributed by atoms with Crippen molar-refractivity contribution in [2.24, 2.45) is 5.41 Å². The van der Waals surface area contributed by atoms with E-state index in [0.717, 1.165) is 37.0 Å². The SMILES string of the molecule is CC(C)(C)C(=O)Nc1cccc(C(=O)Nc2nc3ccccc3nc2N2CCCC2)c1. The van der Waals surface area contributed by atoms with E-state index in [1.807, 2.05) is 45.0 Å². The van der Waals surface area contributed by atoms with Gasteiger partial charge in [0.05, 0.1) is 11.0 Å². The Hall–Kier alpha value is -3.48. The molecule has 0 spiro atoms. The summed E-state index contributed by atoms with van der Waals surface area (Å²) in [5, 5.41) is 5.81. The highest BCUT2D eigenvalue weighted by molar-refractivity contribution is 6.06. The quantitative estimate of drug-likeness (QED) is 0.654. The van der Waals surface area contributed by atoms with Crippen LogP contribution in [0.2, 0.25) is 0 Å². The molecule has 2 heterocycles. The molecule has 31 heavy (non-hydrogen) atoms. The van der Waals surface area contributed by atoms with Crippen LogP contribution in [0.3, 0.4) is 0 Å². The van der Waals surface area contributed by atoms with Crippen molar-refractivity contribution in [1.82, 2.24) is 9.97 Å². The lowest BCUT2D eigenvalue weighted by molar-refractivity contribution is -0.123. The van der Waals surface area contributed by atoms with Crippen LogP contribution in [-0.4, -0.2) is 34.9 Å². The summed E-state index contributed by atoms with van der Waals surface area (Å²) in [4.78, 5) is 37.0. The second-order valence-corrected chi connectivity index (χ2v) is 8.82. The summed E-state index contributed by atoms with van der Waals surface area (Å²) in [7, 11) is 0. The summed E-state index contributed by atoms with van der Waals surface area (Å²) < 4.78 is 0. The van der Waals surface area contributed by atoms with E-state index < -0.39 is 5.41 Å². The van der Waals surface area contributed by atoms with Crippen LogP contribution < -0.4 is 15.5 Å². The van der Waals surface area contributed by atoms with E-state index in [1.165, 1.54) is 0 Å².